The van der Waals surface area contributed by atoms with Crippen molar-refractivity contribution in [1.29, 1.82) is 0 Å². The molecule has 0 saturated heterocycles. The van der Waals surface area contributed by atoms with Gasteiger partial charge in [-0.15, -0.1) is 0 Å². The molecule has 0 bridgehead atoms. The van der Waals surface area contributed by atoms with Gasteiger partial charge in [0, 0.05) is 24.7 Å². The van der Waals surface area contributed by atoms with Gasteiger partial charge in [-0.25, -0.2) is 4.98 Å². The van der Waals surface area contributed by atoms with Crippen LogP contribution in [0.15, 0.2) is 18.3 Å². The third-order valence-corrected chi connectivity index (χ3v) is 3.74. The fourth-order valence-corrected chi connectivity index (χ4v) is 2.25. The van der Waals surface area contributed by atoms with Crippen molar-refractivity contribution in [3.05, 3.63) is 23.9 Å². The number of nitrogens with one attached hydrogen (secondary N) is 1. The number of rotatable bonds is 6. The molecule has 1 fully saturated rings. The van der Waals surface area contributed by atoms with Crippen LogP contribution in [-0.2, 0) is 11.2 Å². The molecule has 5 heteroatoms. The molecule has 0 unspecified atom stereocenters. The van der Waals surface area contributed by atoms with Crippen molar-refractivity contribution >= 4 is 26.4 Å². The zero-order valence-corrected chi connectivity index (χ0v) is 12.5. The zero-order valence-electron chi connectivity index (χ0n) is 10.4. The topological polar surface area (TPSA) is 51.2 Å². The summed E-state index contributed by atoms with van der Waals surface area (Å²) in [5, 5.41) is 3.22. The summed E-state index contributed by atoms with van der Waals surface area (Å²) in [4.78, 5) is 15.1. The number of aromatic nitrogens is 1. The predicted molar refractivity (Wildman–Crippen MR) is 78.1 cm³/mol. The molecule has 0 aromatic carbocycles. The Morgan fingerprint density at radius 3 is 3.06 bits per heavy atom. The highest BCUT2D eigenvalue weighted by Crippen LogP contribution is 2.25. The van der Waals surface area contributed by atoms with Crippen molar-refractivity contribution in [3.63, 3.8) is 0 Å². The van der Waals surface area contributed by atoms with Crippen LogP contribution in [0.4, 0.5) is 0 Å². The fraction of sp³-hybridized carbons (Fsp3) is 0.538. The first-order valence-electron chi connectivity index (χ1n) is 6.14. The van der Waals surface area contributed by atoms with Gasteiger partial charge in [0.1, 0.15) is 6.10 Å². The van der Waals surface area contributed by atoms with E-state index in [1.54, 1.807) is 6.20 Å². The lowest BCUT2D eigenvalue weighted by atomic mass is 9.89. The van der Waals surface area contributed by atoms with E-state index in [2.05, 4.69) is 10.3 Å². The highest BCUT2D eigenvalue weighted by molar-refractivity contribution is 14.1. The Labute approximate surface area is 121 Å². The summed E-state index contributed by atoms with van der Waals surface area (Å²) < 4.78 is 5.98. The van der Waals surface area contributed by atoms with Gasteiger partial charge in [-0.05, 0) is 60.5 Å². The average molecular weight is 360 g/mol. The third-order valence-electron chi connectivity index (χ3n) is 3.20. The Bertz CT molecular complexity index is 419. The van der Waals surface area contributed by atoms with E-state index in [1.165, 1.54) is 0 Å². The van der Waals surface area contributed by atoms with E-state index in [0.29, 0.717) is 18.3 Å². The lowest BCUT2D eigenvalue weighted by Crippen LogP contribution is -2.45. The first-order chi connectivity index (χ1) is 8.67. The molecule has 4 nitrogen and oxygen atoms in total. The molecule has 1 N–H and O–H groups in total. The van der Waals surface area contributed by atoms with E-state index >= 15 is 0 Å². The minimum absolute atomic E-state index is 0.183. The van der Waals surface area contributed by atoms with Crippen LogP contribution in [0.3, 0.4) is 0 Å². The molecule has 2 rings (SSSR count). The van der Waals surface area contributed by atoms with E-state index < -0.39 is 0 Å². The Balaban J connectivity index is 1.85. The average Bonchev–Trinajstić information content (AvgIpc) is 2.31. The molecule has 1 aliphatic carbocycles. The van der Waals surface area contributed by atoms with E-state index in [-0.39, 0.29) is 9.89 Å². The second kappa shape index (κ2) is 6.47. The molecule has 1 saturated carbocycles. The van der Waals surface area contributed by atoms with Crippen LogP contribution >= 0.6 is 22.6 Å². The van der Waals surface area contributed by atoms with E-state index in [0.717, 1.165) is 24.8 Å². The summed E-state index contributed by atoms with van der Waals surface area (Å²) in [6.45, 7) is 0. The summed E-state index contributed by atoms with van der Waals surface area (Å²) in [7, 11) is 1.97. The largest absolute Gasteiger partial charge is 0.474 e. The van der Waals surface area contributed by atoms with Crippen LogP contribution in [0, 0.1) is 0 Å². The lowest BCUT2D eigenvalue weighted by molar-refractivity contribution is -0.109. The second-order valence-electron chi connectivity index (χ2n) is 4.55. The van der Waals surface area contributed by atoms with Gasteiger partial charge in [-0.3, -0.25) is 4.79 Å². The number of pyridine rings is 1. The van der Waals surface area contributed by atoms with Crippen molar-refractivity contribution in [2.24, 2.45) is 0 Å². The maximum absolute atomic E-state index is 10.9. The molecule has 0 amide bonds. The molecule has 0 radical (unpaired) electrons. The number of aryl methyl sites for hydroxylation is 1. The van der Waals surface area contributed by atoms with Gasteiger partial charge < -0.3 is 10.1 Å². The maximum Gasteiger partial charge on any atom is 0.213 e. The minimum Gasteiger partial charge on any atom is -0.474 e. The molecule has 0 aliphatic heterocycles. The Morgan fingerprint density at radius 1 is 1.61 bits per heavy atom. The quantitative estimate of drug-likeness (QED) is 0.624. The molecule has 1 aromatic heterocycles. The van der Waals surface area contributed by atoms with Gasteiger partial charge in [0.05, 0.1) is 0 Å². The van der Waals surface area contributed by atoms with Gasteiger partial charge in [0.15, 0.2) is 3.79 Å². The van der Waals surface area contributed by atoms with Crippen LogP contribution < -0.4 is 10.1 Å². The summed E-state index contributed by atoms with van der Waals surface area (Å²) >= 11 is 1.83. The van der Waals surface area contributed by atoms with Crippen LogP contribution in [0.25, 0.3) is 0 Å². The van der Waals surface area contributed by atoms with Gasteiger partial charge in [-0.2, -0.15) is 0 Å². The van der Waals surface area contributed by atoms with Crippen molar-refractivity contribution in [1.82, 2.24) is 10.3 Å². The molecule has 18 heavy (non-hydrogen) atoms. The molecular formula is C13H17IN2O2. The van der Waals surface area contributed by atoms with Gasteiger partial charge >= 0.3 is 0 Å². The van der Waals surface area contributed by atoms with Gasteiger partial charge in [0.2, 0.25) is 5.88 Å². The maximum atomic E-state index is 10.9. The monoisotopic (exact) mass is 360 g/mol. The van der Waals surface area contributed by atoms with Gasteiger partial charge in [-0.1, -0.05) is 0 Å². The van der Waals surface area contributed by atoms with E-state index in [1.807, 2.05) is 41.8 Å². The van der Waals surface area contributed by atoms with Crippen LogP contribution in [0.5, 0.6) is 5.88 Å². The zero-order chi connectivity index (χ0) is 13.0. The summed E-state index contributed by atoms with van der Waals surface area (Å²) in [5.74, 6) is 0.674. The number of nitrogens with zero attached hydrogens (tertiary/aromatic N) is 1. The smallest absolute Gasteiger partial charge is 0.213 e. The van der Waals surface area contributed by atoms with Crippen molar-refractivity contribution < 1.29 is 9.53 Å². The second-order valence-corrected chi connectivity index (χ2v) is 5.76. The molecule has 1 heterocycles. The lowest BCUT2D eigenvalue weighted by Gasteiger charge is -2.34. The first-order valence-corrected chi connectivity index (χ1v) is 7.22. The van der Waals surface area contributed by atoms with Crippen LogP contribution in [0.1, 0.15) is 24.8 Å². The van der Waals surface area contributed by atoms with E-state index in [4.69, 9.17) is 4.74 Å². The third kappa shape index (κ3) is 3.91. The van der Waals surface area contributed by atoms with Crippen molar-refractivity contribution in [2.45, 2.75) is 37.8 Å². The number of halogens is 1. The molecule has 0 atom stereocenters. The normalized spacial score (nSPS) is 22.3. The predicted octanol–water partition coefficient (Wildman–Crippen LogP) is 2.10. The minimum atomic E-state index is 0.183. The van der Waals surface area contributed by atoms with Crippen LogP contribution in [0.2, 0.25) is 0 Å². The highest BCUT2D eigenvalue weighted by atomic mass is 127. The number of carbonyl (C=O) groups is 1. The van der Waals surface area contributed by atoms with Crippen LogP contribution in [-0.4, -0.2) is 28.0 Å². The Hall–Kier alpha value is -0.690. The summed E-state index contributed by atoms with van der Waals surface area (Å²) in [5.41, 5.74) is 1.11. The highest BCUT2D eigenvalue weighted by Gasteiger charge is 2.29. The molecule has 1 aliphatic rings. The summed E-state index contributed by atoms with van der Waals surface area (Å²) in [6.07, 6.45) is 5.41. The SMILES string of the molecule is CNC1CC(Oc2cc(CCC(=O)I)ccn2)C1. The molecular weight excluding hydrogens is 343 g/mol. The van der Waals surface area contributed by atoms with Crippen molar-refractivity contribution in [2.75, 3.05) is 7.05 Å². The number of hydrogen-bond donors (Lipinski definition) is 1. The van der Waals surface area contributed by atoms with Gasteiger partial charge in [0.25, 0.3) is 0 Å². The molecule has 98 valence electrons. The number of ether oxygens (including phenoxy) is 1. The standard InChI is InChI=1S/C13H17IN2O2/c1-15-10-7-11(8-10)18-13-6-9(4-5-16-13)2-3-12(14)17/h4-6,10-11,15H,2-3,7-8H2,1H3. The Kier molecular flexibility index (Phi) is 4.94. The van der Waals surface area contributed by atoms with Crippen molar-refractivity contribution in [3.8, 4) is 5.88 Å². The fourth-order valence-electron chi connectivity index (χ4n) is 1.98. The Morgan fingerprint density at radius 2 is 2.39 bits per heavy atom. The number of hydrogen-bond acceptors (Lipinski definition) is 4. The molecule has 0 spiro atoms. The van der Waals surface area contributed by atoms with E-state index in [9.17, 15) is 4.79 Å². The molecule has 1 aromatic rings. The summed E-state index contributed by atoms with van der Waals surface area (Å²) in [6, 6.07) is 4.45. The number of carbonyl (C=O) groups excluding carboxylic acids is 1. The first kappa shape index (κ1) is 13.7.